The van der Waals surface area contributed by atoms with E-state index in [1.807, 2.05) is 36.4 Å². The Bertz CT molecular complexity index is 431. The molecule has 0 saturated carbocycles. The molecule has 0 amide bonds. The van der Waals surface area contributed by atoms with E-state index in [1.165, 1.54) is 0 Å². The standard InChI is InChI=1S/C14H14O2/c15-11-14(16,12-7-3-1-4-8-12)13-9-5-2-6-10-13/h1,3-5,7-11,16H,2,6H2. The average molecular weight is 214 g/mol. The van der Waals surface area contributed by atoms with Crippen molar-refractivity contribution in [3.63, 3.8) is 0 Å². The molecule has 2 rings (SSSR count). The van der Waals surface area contributed by atoms with Gasteiger partial charge in [0.15, 0.2) is 11.9 Å². The van der Waals surface area contributed by atoms with Crippen molar-refractivity contribution in [2.45, 2.75) is 18.4 Å². The number of carbonyl (C=O) groups is 1. The smallest absolute Gasteiger partial charge is 0.170 e. The zero-order valence-corrected chi connectivity index (χ0v) is 8.97. The van der Waals surface area contributed by atoms with Gasteiger partial charge in [-0.3, -0.25) is 4.79 Å². The molecule has 2 nitrogen and oxygen atoms in total. The van der Waals surface area contributed by atoms with E-state index >= 15 is 0 Å². The first-order chi connectivity index (χ1) is 7.77. The van der Waals surface area contributed by atoms with Crippen molar-refractivity contribution in [1.29, 1.82) is 0 Å². The van der Waals surface area contributed by atoms with Crippen LogP contribution in [0, 0.1) is 0 Å². The van der Waals surface area contributed by atoms with E-state index < -0.39 is 5.60 Å². The molecular formula is C14H14O2. The number of hydrogen-bond acceptors (Lipinski definition) is 2. The van der Waals surface area contributed by atoms with E-state index in [1.54, 1.807) is 12.1 Å². The Morgan fingerprint density at radius 3 is 2.50 bits per heavy atom. The van der Waals surface area contributed by atoms with Gasteiger partial charge in [-0.05, 0) is 24.0 Å². The van der Waals surface area contributed by atoms with E-state index in [-0.39, 0.29) is 0 Å². The van der Waals surface area contributed by atoms with Crippen LogP contribution in [0.4, 0.5) is 0 Å². The lowest BCUT2D eigenvalue weighted by atomic mass is 9.85. The Balaban J connectivity index is 2.44. The lowest BCUT2D eigenvalue weighted by molar-refractivity contribution is -0.121. The van der Waals surface area contributed by atoms with Gasteiger partial charge in [-0.15, -0.1) is 0 Å². The molecule has 16 heavy (non-hydrogen) atoms. The quantitative estimate of drug-likeness (QED) is 0.784. The van der Waals surface area contributed by atoms with Crippen LogP contribution in [0.5, 0.6) is 0 Å². The molecule has 0 bridgehead atoms. The van der Waals surface area contributed by atoms with Gasteiger partial charge in [-0.1, -0.05) is 48.6 Å². The highest BCUT2D eigenvalue weighted by Crippen LogP contribution is 2.30. The Morgan fingerprint density at radius 2 is 1.94 bits per heavy atom. The molecule has 1 N–H and O–H groups in total. The maximum Gasteiger partial charge on any atom is 0.170 e. The Labute approximate surface area is 94.9 Å². The molecule has 0 aliphatic heterocycles. The number of carbonyl (C=O) groups excluding carboxylic acids is 1. The molecular weight excluding hydrogens is 200 g/mol. The van der Waals surface area contributed by atoms with Crippen LogP contribution in [0.2, 0.25) is 0 Å². The van der Waals surface area contributed by atoms with Gasteiger partial charge in [0, 0.05) is 0 Å². The Kier molecular flexibility index (Phi) is 3.02. The second-order valence-electron chi connectivity index (χ2n) is 3.89. The molecule has 0 spiro atoms. The summed E-state index contributed by atoms with van der Waals surface area (Å²) >= 11 is 0. The molecule has 2 heteroatoms. The topological polar surface area (TPSA) is 37.3 Å². The van der Waals surface area contributed by atoms with Crippen molar-refractivity contribution in [2.24, 2.45) is 0 Å². The molecule has 0 saturated heterocycles. The molecule has 1 atom stereocenters. The molecule has 1 unspecified atom stereocenters. The van der Waals surface area contributed by atoms with Gasteiger partial charge in [0.2, 0.25) is 0 Å². The van der Waals surface area contributed by atoms with Crippen LogP contribution < -0.4 is 0 Å². The van der Waals surface area contributed by atoms with Gasteiger partial charge >= 0.3 is 0 Å². The van der Waals surface area contributed by atoms with Crippen LogP contribution in [-0.4, -0.2) is 11.4 Å². The molecule has 82 valence electrons. The van der Waals surface area contributed by atoms with Crippen molar-refractivity contribution in [1.82, 2.24) is 0 Å². The van der Waals surface area contributed by atoms with Gasteiger partial charge < -0.3 is 5.11 Å². The minimum Gasteiger partial charge on any atom is -0.373 e. The SMILES string of the molecule is O=CC(O)(C1=CCCC=C1)c1ccccc1. The molecule has 0 radical (unpaired) electrons. The summed E-state index contributed by atoms with van der Waals surface area (Å²) in [5, 5.41) is 10.4. The van der Waals surface area contributed by atoms with Crippen LogP contribution in [0.15, 0.2) is 54.1 Å². The molecule has 0 heterocycles. The Hall–Kier alpha value is -1.67. The van der Waals surface area contributed by atoms with E-state index in [9.17, 15) is 9.90 Å². The monoisotopic (exact) mass is 214 g/mol. The van der Waals surface area contributed by atoms with Crippen LogP contribution >= 0.6 is 0 Å². The van der Waals surface area contributed by atoms with E-state index in [2.05, 4.69) is 0 Å². The first kappa shape index (κ1) is 10.8. The highest BCUT2D eigenvalue weighted by molar-refractivity contribution is 5.73. The maximum atomic E-state index is 11.2. The first-order valence-corrected chi connectivity index (χ1v) is 5.39. The van der Waals surface area contributed by atoms with E-state index in [0.29, 0.717) is 17.4 Å². The normalized spacial score (nSPS) is 18.7. The lowest BCUT2D eigenvalue weighted by Crippen LogP contribution is -2.29. The van der Waals surface area contributed by atoms with Crippen molar-refractivity contribution in [3.8, 4) is 0 Å². The average Bonchev–Trinajstić information content (AvgIpc) is 2.40. The summed E-state index contributed by atoms with van der Waals surface area (Å²) in [5.41, 5.74) is -0.221. The van der Waals surface area contributed by atoms with Gasteiger partial charge in [0.1, 0.15) is 0 Å². The fraction of sp³-hybridized carbons (Fsp3) is 0.214. The maximum absolute atomic E-state index is 11.2. The van der Waals surface area contributed by atoms with Gasteiger partial charge in [0.25, 0.3) is 0 Å². The highest BCUT2D eigenvalue weighted by atomic mass is 16.3. The van der Waals surface area contributed by atoms with Crippen LogP contribution in [0.1, 0.15) is 18.4 Å². The van der Waals surface area contributed by atoms with Crippen molar-refractivity contribution >= 4 is 6.29 Å². The summed E-state index contributed by atoms with van der Waals surface area (Å²) in [6.07, 6.45) is 8.16. The van der Waals surface area contributed by atoms with Crippen LogP contribution in [-0.2, 0) is 10.4 Å². The molecule has 1 aromatic rings. The lowest BCUT2D eigenvalue weighted by Gasteiger charge is -2.25. The third kappa shape index (κ3) is 1.84. The van der Waals surface area contributed by atoms with Crippen LogP contribution in [0.25, 0.3) is 0 Å². The van der Waals surface area contributed by atoms with Crippen LogP contribution in [0.3, 0.4) is 0 Å². The fourth-order valence-electron chi connectivity index (χ4n) is 1.89. The fourth-order valence-corrected chi connectivity index (χ4v) is 1.89. The first-order valence-electron chi connectivity index (χ1n) is 5.39. The second-order valence-corrected chi connectivity index (χ2v) is 3.89. The summed E-state index contributed by atoms with van der Waals surface area (Å²) < 4.78 is 0. The zero-order chi connectivity index (χ0) is 11.4. The number of aldehydes is 1. The van der Waals surface area contributed by atoms with Crippen molar-refractivity contribution in [3.05, 3.63) is 59.7 Å². The number of allylic oxidation sites excluding steroid dienone is 2. The predicted molar refractivity (Wildman–Crippen MR) is 62.9 cm³/mol. The summed E-state index contributed by atoms with van der Waals surface area (Å²) in [5.74, 6) is 0. The van der Waals surface area contributed by atoms with Gasteiger partial charge in [0.05, 0.1) is 0 Å². The molecule has 0 fully saturated rings. The zero-order valence-electron chi connectivity index (χ0n) is 8.97. The molecule has 1 aliphatic rings. The molecule has 1 aliphatic carbocycles. The van der Waals surface area contributed by atoms with E-state index in [4.69, 9.17) is 0 Å². The summed E-state index contributed by atoms with van der Waals surface area (Å²) in [4.78, 5) is 11.2. The van der Waals surface area contributed by atoms with Gasteiger partial charge in [-0.2, -0.15) is 0 Å². The number of rotatable bonds is 3. The summed E-state index contributed by atoms with van der Waals surface area (Å²) in [6, 6.07) is 9.02. The molecule has 0 aromatic heterocycles. The number of benzene rings is 1. The third-order valence-electron chi connectivity index (χ3n) is 2.82. The highest BCUT2D eigenvalue weighted by Gasteiger charge is 2.32. The minimum absolute atomic E-state index is 0.601. The third-order valence-corrected chi connectivity index (χ3v) is 2.82. The van der Waals surface area contributed by atoms with Crippen molar-refractivity contribution < 1.29 is 9.90 Å². The largest absolute Gasteiger partial charge is 0.373 e. The number of hydrogen-bond donors (Lipinski definition) is 1. The minimum atomic E-state index is -1.50. The van der Waals surface area contributed by atoms with E-state index in [0.717, 1.165) is 12.8 Å². The molecule has 1 aromatic carbocycles. The second kappa shape index (κ2) is 4.45. The summed E-state index contributed by atoms with van der Waals surface area (Å²) in [7, 11) is 0. The Morgan fingerprint density at radius 1 is 1.19 bits per heavy atom. The van der Waals surface area contributed by atoms with Gasteiger partial charge in [-0.25, -0.2) is 0 Å². The number of aliphatic hydroxyl groups is 1. The summed E-state index contributed by atoms with van der Waals surface area (Å²) in [6.45, 7) is 0. The predicted octanol–water partition coefficient (Wildman–Crippen LogP) is 2.35. The van der Waals surface area contributed by atoms with Crippen molar-refractivity contribution in [2.75, 3.05) is 0 Å².